The van der Waals surface area contributed by atoms with Crippen molar-refractivity contribution in [1.29, 1.82) is 0 Å². The minimum absolute atomic E-state index is 0.503. The van der Waals surface area contributed by atoms with Crippen LogP contribution < -0.4 is 13.9 Å². The lowest BCUT2D eigenvalue weighted by Crippen LogP contribution is -2.50. The van der Waals surface area contributed by atoms with E-state index in [1.165, 1.54) is 0 Å². The van der Waals surface area contributed by atoms with Crippen LogP contribution in [0.5, 0.6) is 17.2 Å². The van der Waals surface area contributed by atoms with Crippen molar-refractivity contribution in [3.63, 3.8) is 0 Å². The van der Waals surface area contributed by atoms with Gasteiger partial charge in [0, 0.05) is 11.8 Å². The highest BCUT2D eigenvalue weighted by Crippen LogP contribution is 2.58. The van der Waals surface area contributed by atoms with Gasteiger partial charge in [0.1, 0.15) is 11.5 Å². The molecule has 1 aliphatic carbocycles. The van der Waals surface area contributed by atoms with Crippen molar-refractivity contribution in [1.82, 2.24) is 0 Å². The van der Waals surface area contributed by atoms with E-state index in [9.17, 15) is 19.8 Å². The Bertz CT molecular complexity index is 1050. The standard InChI is InChI=1S/C27H36O7Si/c1-7-35(8-2,9-3)34-19-13-12-18(15-21(19)33-6)23-24(26(28)29)22(25(23)27(30)31)17-11-10-16(4)20(14-17)32-5/h10-15,22-25H,7-9H2,1-6H3,(H,28,29)(H,30,31)/t22?,23?,24-,25-/m0/s1. The lowest BCUT2D eigenvalue weighted by Gasteiger charge is -2.48. The van der Waals surface area contributed by atoms with Crippen molar-refractivity contribution in [2.45, 2.75) is 57.7 Å². The van der Waals surface area contributed by atoms with Crippen molar-refractivity contribution < 1.29 is 33.7 Å². The summed E-state index contributed by atoms with van der Waals surface area (Å²) in [6.45, 7) is 8.31. The summed E-state index contributed by atoms with van der Waals surface area (Å²) >= 11 is 0. The van der Waals surface area contributed by atoms with Gasteiger partial charge >= 0.3 is 11.9 Å². The zero-order chi connectivity index (χ0) is 25.9. The van der Waals surface area contributed by atoms with Crippen LogP contribution in [-0.4, -0.2) is 44.7 Å². The van der Waals surface area contributed by atoms with E-state index < -0.39 is 43.9 Å². The largest absolute Gasteiger partial charge is 0.541 e. The number of carboxylic acids is 2. The third-order valence-corrected chi connectivity index (χ3v) is 12.3. The number of carbonyl (C=O) groups is 2. The molecule has 8 heteroatoms. The zero-order valence-electron chi connectivity index (χ0n) is 21.3. The molecule has 0 spiro atoms. The summed E-state index contributed by atoms with van der Waals surface area (Å²) in [5.41, 5.74) is 2.18. The van der Waals surface area contributed by atoms with Gasteiger partial charge in [0.2, 0.25) is 0 Å². The Morgan fingerprint density at radius 1 is 0.771 bits per heavy atom. The molecule has 0 unspecified atom stereocenters. The van der Waals surface area contributed by atoms with Crippen molar-refractivity contribution in [2.24, 2.45) is 11.8 Å². The van der Waals surface area contributed by atoms with Crippen LogP contribution in [-0.2, 0) is 9.59 Å². The Balaban J connectivity index is 2.03. The van der Waals surface area contributed by atoms with Gasteiger partial charge in [-0.25, -0.2) is 0 Å². The summed E-state index contributed by atoms with van der Waals surface area (Å²) in [5, 5.41) is 20.3. The third-order valence-electron chi connectivity index (χ3n) is 7.77. The zero-order valence-corrected chi connectivity index (χ0v) is 22.3. The maximum Gasteiger partial charge on any atom is 0.307 e. The second-order valence-electron chi connectivity index (χ2n) is 9.26. The van der Waals surface area contributed by atoms with Crippen molar-refractivity contribution in [3.8, 4) is 17.2 Å². The second-order valence-corrected chi connectivity index (χ2v) is 14.0. The summed E-state index contributed by atoms with van der Waals surface area (Å²) in [4.78, 5) is 24.8. The van der Waals surface area contributed by atoms with Crippen LogP contribution in [0.1, 0.15) is 49.3 Å². The molecule has 1 fully saturated rings. The molecule has 2 N–H and O–H groups in total. The summed E-state index contributed by atoms with van der Waals surface area (Å²) in [5.74, 6) is -3.46. The highest BCUT2D eigenvalue weighted by molar-refractivity contribution is 6.74. The van der Waals surface area contributed by atoms with Crippen molar-refractivity contribution in [2.75, 3.05) is 14.2 Å². The molecule has 0 amide bonds. The number of benzene rings is 2. The molecule has 0 bridgehead atoms. The predicted octanol–water partition coefficient (Wildman–Crippen LogP) is 5.68. The Labute approximate surface area is 208 Å². The monoisotopic (exact) mass is 500 g/mol. The molecular formula is C27H36O7Si. The van der Waals surface area contributed by atoms with Gasteiger partial charge < -0.3 is 24.1 Å². The van der Waals surface area contributed by atoms with E-state index in [-0.39, 0.29) is 0 Å². The second kappa shape index (κ2) is 10.7. The van der Waals surface area contributed by atoms with Crippen LogP contribution >= 0.6 is 0 Å². The van der Waals surface area contributed by atoms with Gasteiger partial charge in [-0.2, -0.15) is 0 Å². The van der Waals surface area contributed by atoms with Crippen LogP contribution in [0.3, 0.4) is 0 Å². The first-order chi connectivity index (χ1) is 16.7. The highest BCUT2D eigenvalue weighted by atomic mass is 28.4. The van der Waals surface area contributed by atoms with E-state index in [2.05, 4.69) is 20.8 Å². The number of carboxylic acid groups (broad SMARTS) is 2. The molecule has 0 heterocycles. The topological polar surface area (TPSA) is 102 Å². The summed E-state index contributed by atoms with van der Waals surface area (Å²) < 4.78 is 17.5. The summed E-state index contributed by atoms with van der Waals surface area (Å²) in [7, 11) is 1.13. The van der Waals surface area contributed by atoms with Gasteiger partial charge in [0.25, 0.3) is 8.32 Å². The molecule has 1 aliphatic rings. The van der Waals surface area contributed by atoms with Gasteiger partial charge in [-0.1, -0.05) is 39.0 Å². The molecule has 3 rings (SSSR count). The molecule has 0 radical (unpaired) electrons. The number of aliphatic carboxylic acids is 2. The quantitative estimate of drug-likeness (QED) is 0.383. The number of methoxy groups -OCH3 is 2. The van der Waals surface area contributed by atoms with Crippen LogP contribution in [0.25, 0.3) is 0 Å². The van der Waals surface area contributed by atoms with Crippen LogP contribution in [0, 0.1) is 18.8 Å². The van der Waals surface area contributed by atoms with Crippen LogP contribution in [0.2, 0.25) is 18.1 Å². The molecular weight excluding hydrogens is 464 g/mol. The van der Waals surface area contributed by atoms with E-state index in [0.717, 1.165) is 23.7 Å². The first-order valence-corrected chi connectivity index (χ1v) is 14.7. The smallest absolute Gasteiger partial charge is 0.307 e. The first kappa shape index (κ1) is 26.6. The van der Waals surface area contributed by atoms with Gasteiger partial charge in [-0.3, -0.25) is 9.59 Å². The van der Waals surface area contributed by atoms with Gasteiger partial charge in [0.15, 0.2) is 5.75 Å². The summed E-state index contributed by atoms with van der Waals surface area (Å²) in [6.07, 6.45) is 0. The average Bonchev–Trinajstić information content (AvgIpc) is 2.83. The fraction of sp³-hybridized carbons (Fsp3) is 0.481. The molecule has 2 atom stereocenters. The molecule has 190 valence electrons. The molecule has 2 aromatic rings. The van der Waals surface area contributed by atoms with E-state index in [4.69, 9.17) is 13.9 Å². The van der Waals surface area contributed by atoms with Gasteiger partial charge in [0.05, 0.1) is 26.1 Å². The number of hydrogen-bond donors (Lipinski definition) is 2. The molecule has 2 aromatic carbocycles. The molecule has 0 aromatic heterocycles. The molecule has 1 saturated carbocycles. The Kier molecular flexibility index (Phi) is 8.15. The van der Waals surface area contributed by atoms with Crippen molar-refractivity contribution >= 4 is 20.3 Å². The van der Waals surface area contributed by atoms with Crippen LogP contribution in [0.15, 0.2) is 36.4 Å². The number of aryl methyl sites for hydroxylation is 1. The third kappa shape index (κ3) is 4.89. The highest BCUT2D eigenvalue weighted by Gasteiger charge is 2.58. The Morgan fingerprint density at radius 2 is 1.23 bits per heavy atom. The lowest BCUT2D eigenvalue weighted by atomic mass is 9.52. The predicted molar refractivity (Wildman–Crippen MR) is 136 cm³/mol. The number of ether oxygens (including phenoxy) is 2. The fourth-order valence-electron chi connectivity index (χ4n) is 5.41. The van der Waals surface area contributed by atoms with E-state index in [0.29, 0.717) is 28.4 Å². The number of hydrogen-bond acceptors (Lipinski definition) is 5. The normalized spacial score (nSPS) is 21.7. The maximum atomic E-state index is 12.4. The molecule has 0 aliphatic heterocycles. The SMILES string of the molecule is CC[Si](CC)(CC)Oc1ccc(C2[C@@H](C(=O)O)C(c3ccc(C)c(OC)c3)[C@@H]2C(=O)O)cc1OC. The van der Waals surface area contributed by atoms with Crippen LogP contribution in [0.4, 0.5) is 0 Å². The Hall–Kier alpha value is -3.00. The van der Waals surface area contributed by atoms with E-state index in [1.807, 2.05) is 13.0 Å². The lowest BCUT2D eigenvalue weighted by molar-refractivity contribution is -0.159. The minimum atomic E-state index is -1.96. The fourth-order valence-corrected chi connectivity index (χ4v) is 7.98. The van der Waals surface area contributed by atoms with Gasteiger partial charge in [-0.05, 0) is 59.9 Å². The summed E-state index contributed by atoms with van der Waals surface area (Å²) in [6, 6.07) is 13.6. The maximum absolute atomic E-state index is 12.4. The molecule has 35 heavy (non-hydrogen) atoms. The van der Waals surface area contributed by atoms with Gasteiger partial charge in [-0.15, -0.1) is 0 Å². The minimum Gasteiger partial charge on any atom is -0.541 e. The first-order valence-electron chi connectivity index (χ1n) is 12.1. The van der Waals surface area contributed by atoms with E-state index in [1.54, 1.807) is 44.6 Å². The number of rotatable bonds is 11. The molecule has 7 nitrogen and oxygen atoms in total. The van der Waals surface area contributed by atoms with E-state index >= 15 is 0 Å². The average molecular weight is 501 g/mol. The molecule has 0 saturated heterocycles. The Morgan fingerprint density at radius 3 is 1.66 bits per heavy atom. The van der Waals surface area contributed by atoms with Crippen molar-refractivity contribution in [3.05, 3.63) is 53.1 Å².